The molecule has 3 rings (SSSR count). The van der Waals surface area contributed by atoms with Crippen LogP contribution in [-0.4, -0.2) is 60.4 Å². The van der Waals surface area contributed by atoms with Gasteiger partial charge in [0.25, 0.3) is 11.7 Å². The number of benzene rings is 2. The molecule has 2 aromatic carbocycles. The van der Waals surface area contributed by atoms with E-state index >= 15 is 0 Å². The van der Waals surface area contributed by atoms with Gasteiger partial charge in [-0.3, -0.25) is 9.59 Å². The number of carbonyl (C=O) groups is 2. The number of rotatable bonds is 7. The summed E-state index contributed by atoms with van der Waals surface area (Å²) in [5.41, 5.74) is 2.22. The van der Waals surface area contributed by atoms with Crippen molar-refractivity contribution >= 4 is 29.1 Å². The molecule has 7 heteroatoms. The second kappa shape index (κ2) is 9.54. The first-order chi connectivity index (χ1) is 14.7. The molecular weight excluding hydrogens is 416 g/mol. The average Bonchev–Trinajstić information content (AvgIpc) is 2.98. The average molecular weight is 443 g/mol. The van der Waals surface area contributed by atoms with Crippen LogP contribution in [0.2, 0.25) is 5.02 Å². The highest BCUT2D eigenvalue weighted by Crippen LogP contribution is 2.40. The Balaban J connectivity index is 2.16. The van der Waals surface area contributed by atoms with E-state index in [1.54, 1.807) is 18.2 Å². The molecule has 164 valence electrons. The van der Waals surface area contributed by atoms with E-state index in [0.717, 1.165) is 11.1 Å². The Bertz CT molecular complexity index is 1030. The number of aliphatic hydroxyl groups excluding tert-OH is 1. The van der Waals surface area contributed by atoms with E-state index in [4.69, 9.17) is 16.3 Å². The largest absolute Gasteiger partial charge is 0.507 e. The van der Waals surface area contributed by atoms with Gasteiger partial charge in [-0.1, -0.05) is 41.4 Å². The van der Waals surface area contributed by atoms with Crippen LogP contribution >= 0.6 is 11.6 Å². The molecule has 0 aromatic heterocycles. The number of likely N-dealkylation sites (N-methyl/N-ethyl adjacent to an activating group) is 1. The summed E-state index contributed by atoms with van der Waals surface area (Å²) < 4.78 is 5.52. The second-order valence-electron chi connectivity index (χ2n) is 7.79. The predicted octanol–water partition coefficient (Wildman–Crippen LogP) is 4.03. The van der Waals surface area contributed by atoms with Crippen molar-refractivity contribution in [3.63, 3.8) is 0 Å². The summed E-state index contributed by atoms with van der Waals surface area (Å²) in [7, 11) is 3.81. The third kappa shape index (κ3) is 4.75. The number of halogens is 1. The van der Waals surface area contributed by atoms with Gasteiger partial charge in [-0.25, -0.2) is 0 Å². The Morgan fingerprint density at radius 2 is 1.94 bits per heavy atom. The first kappa shape index (κ1) is 22.8. The highest BCUT2D eigenvalue weighted by Gasteiger charge is 2.45. The number of aliphatic hydroxyl groups is 1. The van der Waals surface area contributed by atoms with Crippen LogP contribution in [0, 0.1) is 6.92 Å². The fraction of sp³-hybridized carbons (Fsp3) is 0.333. The molecule has 0 saturated carbocycles. The Hall–Kier alpha value is -2.83. The molecule has 0 spiro atoms. The molecule has 1 fully saturated rings. The van der Waals surface area contributed by atoms with Crippen LogP contribution in [0.5, 0.6) is 5.75 Å². The third-order valence-electron chi connectivity index (χ3n) is 5.19. The lowest BCUT2D eigenvalue weighted by molar-refractivity contribution is -0.140. The standard InChI is InChI=1S/C24H27ClN2O4/c1-5-31-19-14-17(9-10-18(19)25)22(28)20-21(16-8-6-7-15(2)13-16)27(12-11-26(3)4)24(30)23(20)29/h6-10,13-14,21,28H,5,11-12H2,1-4H3/b22-20-. The van der Waals surface area contributed by atoms with Crippen molar-refractivity contribution in [3.8, 4) is 5.75 Å². The summed E-state index contributed by atoms with van der Waals surface area (Å²) in [6.45, 7) is 5.13. The fourth-order valence-electron chi connectivity index (χ4n) is 3.68. The van der Waals surface area contributed by atoms with Gasteiger partial charge in [0, 0.05) is 18.7 Å². The van der Waals surface area contributed by atoms with Gasteiger partial charge in [-0.05, 0) is 51.7 Å². The molecule has 31 heavy (non-hydrogen) atoms. The number of likely N-dealkylation sites (tertiary alicyclic amines) is 1. The number of hydrogen-bond donors (Lipinski definition) is 1. The molecule has 0 bridgehead atoms. The molecule has 1 atom stereocenters. The van der Waals surface area contributed by atoms with E-state index in [1.165, 1.54) is 4.90 Å². The Morgan fingerprint density at radius 3 is 2.58 bits per heavy atom. The SMILES string of the molecule is CCOc1cc(/C(O)=C2/C(=O)C(=O)N(CCN(C)C)C2c2cccc(C)c2)ccc1Cl. The maximum absolute atomic E-state index is 13.0. The van der Waals surface area contributed by atoms with Crippen LogP contribution in [0.25, 0.3) is 5.76 Å². The molecule has 1 aliphatic rings. The van der Waals surface area contributed by atoms with Crippen molar-refractivity contribution in [3.05, 3.63) is 69.8 Å². The second-order valence-corrected chi connectivity index (χ2v) is 8.20. The molecule has 1 amide bonds. The van der Waals surface area contributed by atoms with Crippen LogP contribution in [-0.2, 0) is 9.59 Å². The van der Waals surface area contributed by atoms with E-state index < -0.39 is 17.7 Å². The van der Waals surface area contributed by atoms with Crippen LogP contribution in [0.4, 0.5) is 0 Å². The van der Waals surface area contributed by atoms with Crippen molar-refractivity contribution < 1.29 is 19.4 Å². The molecular formula is C24H27ClN2O4. The summed E-state index contributed by atoms with van der Waals surface area (Å²) in [4.78, 5) is 29.4. The lowest BCUT2D eigenvalue weighted by Crippen LogP contribution is -2.35. The molecule has 0 radical (unpaired) electrons. The Morgan fingerprint density at radius 1 is 1.19 bits per heavy atom. The highest BCUT2D eigenvalue weighted by atomic mass is 35.5. The summed E-state index contributed by atoms with van der Waals surface area (Å²) in [6.07, 6.45) is 0. The zero-order chi connectivity index (χ0) is 22.7. The molecule has 2 aromatic rings. The van der Waals surface area contributed by atoms with Gasteiger partial charge in [0.05, 0.1) is 23.2 Å². The molecule has 1 heterocycles. The van der Waals surface area contributed by atoms with Crippen molar-refractivity contribution in [2.24, 2.45) is 0 Å². The lowest BCUT2D eigenvalue weighted by Gasteiger charge is -2.26. The van der Waals surface area contributed by atoms with E-state index in [-0.39, 0.29) is 11.3 Å². The number of ether oxygens (including phenoxy) is 1. The molecule has 6 nitrogen and oxygen atoms in total. The number of carbonyl (C=O) groups excluding carboxylic acids is 2. The number of nitrogens with zero attached hydrogens (tertiary/aromatic N) is 2. The number of ketones is 1. The molecule has 1 unspecified atom stereocenters. The minimum atomic E-state index is -0.698. The van der Waals surface area contributed by atoms with Crippen molar-refractivity contribution in [2.75, 3.05) is 33.8 Å². The van der Waals surface area contributed by atoms with E-state index in [0.29, 0.717) is 36.0 Å². The van der Waals surface area contributed by atoms with Crippen LogP contribution in [0.1, 0.15) is 29.7 Å². The predicted molar refractivity (Wildman–Crippen MR) is 121 cm³/mol. The van der Waals surface area contributed by atoms with Gasteiger partial charge in [-0.15, -0.1) is 0 Å². The molecule has 1 N–H and O–H groups in total. The van der Waals surface area contributed by atoms with Gasteiger partial charge in [0.2, 0.25) is 0 Å². The number of Topliss-reactive ketones (excluding diaryl/α,β-unsaturated/α-hetero) is 1. The summed E-state index contributed by atoms with van der Waals surface area (Å²) in [6, 6.07) is 11.8. The zero-order valence-electron chi connectivity index (χ0n) is 18.2. The minimum Gasteiger partial charge on any atom is -0.507 e. The number of amides is 1. The quantitative estimate of drug-likeness (QED) is 0.398. The molecule has 1 saturated heterocycles. The minimum absolute atomic E-state index is 0.0686. The van der Waals surface area contributed by atoms with Gasteiger partial charge in [0.15, 0.2) is 0 Å². The topological polar surface area (TPSA) is 70.1 Å². The third-order valence-corrected chi connectivity index (χ3v) is 5.50. The summed E-state index contributed by atoms with van der Waals surface area (Å²) >= 11 is 6.17. The van der Waals surface area contributed by atoms with Crippen molar-refractivity contribution in [1.29, 1.82) is 0 Å². The van der Waals surface area contributed by atoms with E-state index in [2.05, 4.69) is 0 Å². The van der Waals surface area contributed by atoms with Crippen LogP contribution in [0.3, 0.4) is 0 Å². The number of hydrogen-bond acceptors (Lipinski definition) is 5. The van der Waals surface area contributed by atoms with Gasteiger partial charge in [-0.2, -0.15) is 0 Å². The maximum atomic E-state index is 13.0. The van der Waals surface area contributed by atoms with Crippen molar-refractivity contribution in [1.82, 2.24) is 9.80 Å². The molecule has 1 aliphatic heterocycles. The van der Waals surface area contributed by atoms with Crippen LogP contribution < -0.4 is 4.74 Å². The smallest absolute Gasteiger partial charge is 0.295 e. The molecule has 0 aliphatic carbocycles. The first-order valence-corrected chi connectivity index (χ1v) is 10.5. The Labute approximate surface area is 187 Å². The monoisotopic (exact) mass is 442 g/mol. The van der Waals surface area contributed by atoms with Crippen LogP contribution in [0.15, 0.2) is 48.0 Å². The number of aryl methyl sites for hydroxylation is 1. The summed E-state index contributed by atoms with van der Waals surface area (Å²) in [5.74, 6) is -1.15. The van der Waals surface area contributed by atoms with E-state index in [9.17, 15) is 14.7 Å². The van der Waals surface area contributed by atoms with Gasteiger partial charge >= 0.3 is 0 Å². The van der Waals surface area contributed by atoms with E-state index in [1.807, 2.05) is 57.1 Å². The van der Waals surface area contributed by atoms with Gasteiger partial charge in [0.1, 0.15) is 11.5 Å². The summed E-state index contributed by atoms with van der Waals surface area (Å²) in [5, 5.41) is 11.6. The Kier molecular flexibility index (Phi) is 7.03. The fourth-order valence-corrected chi connectivity index (χ4v) is 3.85. The van der Waals surface area contributed by atoms with Crippen molar-refractivity contribution in [2.45, 2.75) is 19.9 Å². The highest BCUT2D eigenvalue weighted by molar-refractivity contribution is 6.46. The normalized spacial score (nSPS) is 18.1. The first-order valence-electron chi connectivity index (χ1n) is 10.2. The van der Waals surface area contributed by atoms with Gasteiger partial charge < -0.3 is 19.6 Å². The lowest BCUT2D eigenvalue weighted by atomic mass is 9.94. The maximum Gasteiger partial charge on any atom is 0.295 e. The zero-order valence-corrected chi connectivity index (χ0v) is 18.9.